The molecule has 0 heterocycles. The molecule has 4 heteroatoms. The van der Waals surface area contributed by atoms with E-state index in [0.29, 0.717) is 16.5 Å². The molecule has 0 spiro atoms. The van der Waals surface area contributed by atoms with Gasteiger partial charge < -0.3 is 4.90 Å². The minimum absolute atomic E-state index is 0.0377. The Labute approximate surface area is 121 Å². The van der Waals surface area contributed by atoms with E-state index in [2.05, 4.69) is 15.9 Å². The summed E-state index contributed by atoms with van der Waals surface area (Å²) in [6.07, 6.45) is 3.79. The Hall–Kier alpha value is -0.540. The van der Waals surface area contributed by atoms with Gasteiger partial charge in [-0.15, -0.1) is 0 Å². The third-order valence-corrected chi connectivity index (χ3v) is 4.85. The molecule has 2 nitrogen and oxygen atoms in total. The van der Waals surface area contributed by atoms with Gasteiger partial charge in [0.15, 0.2) is 0 Å². The van der Waals surface area contributed by atoms with E-state index in [-0.39, 0.29) is 5.91 Å². The molecule has 1 aromatic carbocycles. The summed E-state index contributed by atoms with van der Waals surface area (Å²) in [7, 11) is 0. The molecule has 0 bridgehead atoms. The molecular weight excluding hydrogens is 314 g/mol. The lowest BCUT2D eigenvalue weighted by Crippen LogP contribution is -2.37. The zero-order valence-electron chi connectivity index (χ0n) is 10.5. The number of rotatable bonds is 4. The Morgan fingerprint density at radius 2 is 2.22 bits per heavy atom. The van der Waals surface area contributed by atoms with Gasteiger partial charge in [0.25, 0.3) is 5.91 Å². The summed E-state index contributed by atoms with van der Waals surface area (Å²) < 4.78 is 0.773. The SMILES string of the molecule is CCN(CC1CCC1)C(=O)c1cccc(Br)c1Cl. The molecule has 0 radical (unpaired) electrons. The maximum absolute atomic E-state index is 12.4. The molecule has 98 valence electrons. The van der Waals surface area contributed by atoms with E-state index in [1.165, 1.54) is 19.3 Å². The van der Waals surface area contributed by atoms with Crippen LogP contribution in [0.2, 0.25) is 5.02 Å². The third-order valence-electron chi connectivity index (χ3n) is 3.55. The van der Waals surface area contributed by atoms with E-state index < -0.39 is 0 Å². The second kappa shape index (κ2) is 6.07. The summed E-state index contributed by atoms with van der Waals surface area (Å²) in [4.78, 5) is 14.3. The van der Waals surface area contributed by atoms with Gasteiger partial charge in [-0.1, -0.05) is 24.1 Å². The van der Waals surface area contributed by atoms with Gasteiger partial charge in [0.1, 0.15) is 0 Å². The van der Waals surface area contributed by atoms with Gasteiger partial charge in [0, 0.05) is 17.6 Å². The fourth-order valence-electron chi connectivity index (χ4n) is 2.18. The van der Waals surface area contributed by atoms with Crippen LogP contribution < -0.4 is 0 Å². The first kappa shape index (κ1) is 13.9. The Kier molecular flexibility index (Phi) is 4.68. The maximum atomic E-state index is 12.4. The second-order valence-corrected chi connectivity index (χ2v) is 5.97. The van der Waals surface area contributed by atoms with Crippen molar-refractivity contribution in [1.29, 1.82) is 0 Å². The molecule has 1 amide bonds. The Morgan fingerprint density at radius 1 is 1.50 bits per heavy atom. The Morgan fingerprint density at radius 3 is 2.78 bits per heavy atom. The summed E-state index contributed by atoms with van der Waals surface area (Å²) in [5.74, 6) is 0.718. The molecule has 0 atom stereocenters. The van der Waals surface area contributed by atoms with E-state index in [4.69, 9.17) is 11.6 Å². The summed E-state index contributed by atoms with van der Waals surface area (Å²) in [6, 6.07) is 5.49. The number of amides is 1. The third kappa shape index (κ3) is 2.89. The van der Waals surface area contributed by atoms with Crippen LogP contribution >= 0.6 is 27.5 Å². The van der Waals surface area contributed by atoms with Crippen molar-refractivity contribution < 1.29 is 4.79 Å². The standard InChI is InChI=1S/C14H17BrClNO/c1-2-17(9-10-5-3-6-10)14(18)11-7-4-8-12(15)13(11)16/h4,7-8,10H,2-3,5-6,9H2,1H3. The highest BCUT2D eigenvalue weighted by molar-refractivity contribution is 9.10. The van der Waals surface area contributed by atoms with Crippen LogP contribution in [-0.2, 0) is 0 Å². The van der Waals surface area contributed by atoms with Crippen molar-refractivity contribution in [2.24, 2.45) is 5.92 Å². The van der Waals surface area contributed by atoms with Gasteiger partial charge >= 0.3 is 0 Å². The predicted octanol–water partition coefficient (Wildman–Crippen LogP) is 4.36. The number of carbonyl (C=O) groups is 1. The molecular formula is C14H17BrClNO. The first-order valence-corrected chi connectivity index (χ1v) is 7.53. The zero-order chi connectivity index (χ0) is 13.1. The van der Waals surface area contributed by atoms with Crippen LogP contribution in [-0.4, -0.2) is 23.9 Å². The largest absolute Gasteiger partial charge is 0.339 e. The van der Waals surface area contributed by atoms with Crippen molar-refractivity contribution in [2.75, 3.05) is 13.1 Å². The molecule has 0 aromatic heterocycles. The van der Waals surface area contributed by atoms with Gasteiger partial charge in [-0.05, 0) is 53.7 Å². The summed E-state index contributed by atoms with van der Waals surface area (Å²) in [5, 5.41) is 0.509. The van der Waals surface area contributed by atoms with Gasteiger partial charge in [0.05, 0.1) is 10.6 Å². The van der Waals surface area contributed by atoms with Crippen LogP contribution in [0.5, 0.6) is 0 Å². The predicted molar refractivity (Wildman–Crippen MR) is 78.1 cm³/mol. The highest BCUT2D eigenvalue weighted by Gasteiger charge is 2.24. The van der Waals surface area contributed by atoms with E-state index in [1.807, 2.05) is 24.0 Å². The van der Waals surface area contributed by atoms with Crippen molar-refractivity contribution >= 4 is 33.4 Å². The van der Waals surface area contributed by atoms with E-state index in [9.17, 15) is 4.79 Å². The molecule has 18 heavy (non-hydrogen) atoms. The number of nitrogens with zero attached hydrogens (tertiary/aromatic N) is 1. The maximum Gasteiger partial charge on any atom is 0.255 e. The number of benzene rings is 1. The van der Waals surface area contributed by atoms with Gasteiger partial charge in [-0.2, -0.15) is 0 Å². The van der Waals surface area contributed by atoms with E-state index >= 15 is 0 Å². The van der Waals surface area contributed by atoms with Gasteiger partial charge in [-0.3, -0.25) is 4.79 Å². The smallest absolute Gasteiger partial charge is 0.255 e. The first-order chi connectivity index (χ1) is 8.63. The summed E-state index contributed by atoms with van der Waals surface area (Å²) >= 11 is 9.54. The highest BCUT2D eigenvalue weighted by atomic mass is 79.9. The quantitative estimate of drug-likeness (QED) is 0.803. The molecule has 1 aliphatic rings. The molecule has 0 aliphatic heterocycles. The Bertz CT molecular complexity index is 445. The highest BCUT2D eigenvalue weighted by Crippen LogP contribution is 2.30. The van der Waals surface area contributed by atoms with Crippen LogP contribution in [0.15, 0.2) is 22.7 Å². The molecule has 1 fully saturated rings. The minimum Gasteiger partial charge on any atom is -0.339 e. The fourth-order valence-corrected chi connectivity index (χ4v) is 2.75. The van der Waals surface area contributed by atoms with Crippen molar-refractivity contribution in [3.63, 3.8) is 0 Å². The minimum atomic E-state index is 0.0377. The van der Waals surface area contributed by atoms with Crippen LogP contribution in [0, 0.1) is 5.92 Å². The number of carbonyl (C=O) groups excluding carboxylic acids is 1. The monoisotopic (exact) mass is 329 g/mol. The van der Waals surface area contributed by atoms with E-state index in [1.54, 1.807) is 6.07 Å². The average molecular weight is 331 g/mol. The van der Waals surface area contributed by atoms with E-state index in [0.717, 1.165) is 17.6 Å². The molecule has 1 aromatic rings. The van der Waals surface area contributed by atoms with Gasteiger partial charge in [-0.25, -0.2) is 0 Å². The second-order valence-electron chi connectivity index (χ2n) is 4.74. The lowest BCUT2D eigenvalue weighted by atomic mass is 9.85. The van der Waals surface area contributed by atoms with Crippen LogP contribution in [0.4, 0.5) is 0 Å². The normalized spacial score (nSPS) is 15.3. The number of hydrogen-bond acceptors (Lipinski definition) is 1. The molecule has 0 N–H and O–H groups in total. The van der Waals surface area contributed by atoms with Crippen molar-refractivity contribution in [3.8, 4) is 0 Å². The Balaban J connectivity index is 2.14. The zero-order valence-corrected chi connectivity index (χ0v) is 12.8. The first-order valence-electron chi connectivity index (χ1n) is 6.36. The molecule has 2 rings (SSSR count). The fraction of sp³-hybridized carbons (Fsp3) is 0.500. The summed E-state index contributed by atoms with van der Waals surface area (Å²) in [5.41, 5.74) is 0.590. The van der Waals surface area contributed by atoms with Crippen molar-refractivity contribution in [2.45, 2.75) is 26.2 Å². The lowest BCUT2D eigenvalue weighted by molar-refractivity contribution is 0.0706. The number of halogens is 2. The summed E-state index contributed by atoms with van der Waals surface area (Å²) in [6.45, 7) is 3.61. The molecule has 0 unspecified atom stereocenters. The van der Waals surface area contributed by atoms with Gasteiger partial charge in [0.2, 0.25) is 0 Å². The molecule has 1 saturated carbocycles. The lowest BCUT2D eigenvalue weighted by Gasteiger charge is -2.32. The van der Waals surface area contributed by atoms with Crippen LogP contribution in [0.1, 0.15) is 36.5 Å². The molecule has 1 aliphatic carbocycles. The average Bonchev–Trinajstić information content (AvgIpc) is 2.31. The van der Waals surface area contributed by atoms with Crippen LogP contribution in [0.25, 0.3) is 0 Å². The number of hydrogen-bond donors (Lipinski definition) is 0. The molecule has 0 saturated heterocycles. The van der Waals surface area contributed by atoms with Crippen molar-refractivity contribution in [1.82, 2.24) is 4.90 Å². The van der Waals surface area contributed by atoms with Crippen LogP contribution in [0.3, 0.4) is 0 Å². The van der Waals surface area contributed by atoms with Crippen molar-refractivity contribution in [3.05, 3.63) is 33.3 Å². The topological polar surface area (TPSA) is 20.3 Å².